The molecule has 13 heteroatoms. The van der Waals surface area contributed by atoms with Crippen LogP contribution in [0.1, 0.15) is 41.6 Å². The first kappa shape index (κ1) is 32.5. The van der Waals surface area contributed by atoms with Gasteiger partial charge < -0.3 is 44.5 Å². The Balaban J connectivity index is 1.26. The van der Waals surface area contributed by atoms with E-state index in [0.717, 1.165) is 5.56 Å². The number of methoxy groups -OCH3 is 2. The summed E-state index contributed by atoms with van der Waals surface area (Å²) in [4.78, 5) is 53.3. The van der Waals surface area contributed by atoms with E-state index in [9.17, 15) is 19.2 Å². The van der Waals surface area contributed by atoms with Gasteiger partial charge in [-0.25, -0.2) is 0 Å². The summed E-state index contributed by atoms with van der Waals surface area (Å²) in [5.74, 6) is 1.73. The molecule has 2 fully saturated rings. The molecule has 3 aromatic rings. The van der Waals surface area contributed by atoms with Crippen molar-refractivity contribution in [3.05, 3.63) is 71.8 Å². The molecular weight excluding hydrogens is 620 g/mol. The number of nitrogens with one attached hydrogen (secondary N) is 3. The third-order valence-electron chi connectivity index (χ3n) is 8.71. The zero-order valence-corrected chi connectivity index (χ0v) is 26.8. The Hall–Kier alpha value is -5.46. The van der Waals surface area contributed by atoms with E-state index in [-0.39, 0.29) is 69.3 Å². The number of amides is 4. The summed E-state index contributed by atoms with van der Waals surface area (Å²) in [6.07, 6.45) is 1.29. The van der Waals surface area contributed by atoms with Gasteiger partial charge in [-0.3, -0.25) is 19.2 Å². The first-order valence-electron chi connectivity index (χ1n) is 15.9. The Morgan fingerprint density at radius 1 is 0.875 bits per heavy atom. The Kier molecular flexibility index (Phi) is 9.55. The Morgan fingerprint density at radius 3 is 2.25 bits per heavy atom. The van der Waals surface area contributed by atoms with Crippen molar-refractivity contribution in [2.45, 2.75) is 43.9 Å². The lowest BCUT2D eigenvalue weighted by Gasteiger charge is -2.41. The fraction of sp³-hybridized carbons (Fsp3) is 0.371. The number of benzene rings is 3. The van der Waals surface area contributed by atoms with Gasteiger partial charge in [-0.2, -0.15) is 0 Å². The largest absolute Gasteiger partial charge is 0.493 e. The molecule has 8 aliphatic rings. The molecule has 4 amide bonds. The van der Waals surface area contributed by atoms with Gasteiger partial charge in [0.1, 0.15) is 24.1 Å². The maximum atomic E-state index is 14.0. The van der Waals surface area contributed by atoms with Crippen molar-refractivity contribution in [2.75, 3.05) is 40.5 Å². The van der Waals surface area contributed by atoms with Crippen LogP contribution >= 0.6 is 0 Å². The minimum absolute atomic E-state index is 0.132. The number of piperidine rings is 1. The van der Waals surface area contributed by atoms with Gasteiger partial charge in [0.15, 0.2) is 28.6 Å². The van der Waals surface area contributed by atoms with Crippen molar-refractivity contribution in [2.24, 2.45) is 0 Å². The number of ether oxygens (including phenoxy) is 5. The summed E-state index contributed by atoms with van der Waals surface area (Å²) < 4.78 is 29.5. The van der Waals surface area contributed by atoms with Crippen molar-refractivity contribution in [1.82, 2.24) is 20.9 Å². The summed E-state index contributed by atoms with van der Waals surface area (Å²) in [5, 5.41) is 8.60. The highest BCUT2D eigenvalue weighted by molar-refractivity contribution is 5.95. The van der Waals surface area contributed by atoms with Crippen LogP contribution in [0.3, 0.4) is 0 Å². The second-order valence-corrected chi connectivity index (χ2v) is 11.8. The maximum absolute atomic E-state index is 14.0. The summed E-state index contributed by atoms with van der Waals surface area (Å²) in [6, 6.07) is 16.6. The molecule has 3 aromatic carbocycles. The first-order chi connectivity index (χ1) is 23.3. The maximum Gasteiger partial charge on any atom is 0.264 e. The number of carbonyl (C=O) groups excluding carboxylic acids is 4. The summed E-state index contributed by atoms with van der Waals surface area (Å²) in [6.45, 7) is 1.23. The fourth-order valence-electron chi connectivity index (χ4n) is 6.01. The molecule has 0 saturated carbocycles. The normalized spacial score (nSPS) is 19.4. The standard InChI is InChI=1S/C35H38N4O9/c1-44-29-19-22-3-10-27(29)47-28-11-4-23(20-30(28)45-2)32(41)36-15-18-46-24-5-7-25(8-6-24)48-35(34(43)37-21-22)13-16-39(17-14-35)33(42)26-9-12-31(40)38-26/h3-8,10-11,19-20,26H,9,12-18,21H2,1-2H3,(H,36,41)(H,37,43)(H,38,40)/t26-/m1/s1. The Labute approximate surface area is 277 Å². The number of hydrogen-bond acceptors (Lipinski definition) is 9. The Bertz CT molecular complexity index is 1690. The van der Waals surface area contributed by atoms with Crippen molar-refractivity contribution in [3.63, 3.8) is 0 Å². The topological polar surface area (TPSA) is 154 Å². The number of rotatable bonds is 3. The van der Waals surface area contributed by atoms with Crippen LogP contribution < -0.4 is 39.6 Å². The van der Waals surface area contributed by atoms with Crippen molar-refractivity contribution < 1.29 is 42.9 Å². The van der Waals surface area contributed by atoms with E-state index >= 15 is 0 Å². The van der Waals surface area contributed by atoms with Crippen LogP contribution in [0.5, 0.6) is 34.5 Å². The van der Waals surface area contributed by atoms with Crippen LogP contribution in [-0.2, 0) is 20.9 Å². The highest BCUT2D eigenvalue weighted by Crippen LogP contribution is 2.38. The molecule has 2 saturated heterocycles. The van der Waals surface area contributed by atoms with Crippen LogP contribution in [0.15, 0.2) is 60.7 Å². The van der Waals surface area contributed by atoms with E-state index in [1.807, 2.05) is 6.07 Å². The fourth-order valence-corrected chi connectivity index (χ4v) is 6.01. The molecule has 8 heterocycles. The number of hydrogen-bond donors (Lipinski definition) is 3. The minimum atomic E-state index is -1.26. The molecule has 6 bridgehead atoms. The molecule has 0 radical (unpaired) electrons. The first-order valence-corrected chi connectivity index (χ1v) is 15.9. The van der Waals surface area contributed by atoms with Crippen LogP contribution in [0.2, 0.25) is 0 Å². The second kappa shape index (κ2) is 14.1. The van der Waals surface area contributed by atoms with Gasteiger partial charge in [-0.05, 0) is 66.6 Å². The highest BCUT2D eigenvalue weighted by atomic mass is 16.5. The van der Waals surface area contributed by atoms with Crippen molar-refractivity contribution >= 4 is 23.6 Å². The van der Waals surface area contributed by atoms with Gasteiger partial charge in [0, 0.05) is 44.5 Å². The van der Waals surface area contributed by atoms with E-state index < -0.39 is 11.6 Å². The Morgan fingerprint density at radius 2 is 1.56 bits per heavy atom. The van der Waals surface area contributed by atoms with Crippen LogP contribution in [0.4, 0.5) is 0 Å². The highest BCUT2D eigenvalue weighted by Gasteiger charge is 2.45. The van der Waals surface area contributed by atoms with Crippen molar-refractivity contribution in [1.29, 1.82) is 0 Å². The van der Waals surface area contributed by atoms with Gasteiger partial charge >= 0.3 is 0 Å². The van der Waals surface area contributed by atoms with Crippen LogP contribution in [0.25, 0.3) is 0 Å². The predicted molar refractivity (Wildman–Crippen MR) is 173 cm³/mol. The van der Waals surface area contributed by atoms with Gasteiger partial charge in [0.05, 0.1) is 20.8 Å². The lowest BCUT2D eigenvalue weighted by molar-refractivity contribution is -0.147. The van der Waals surface area contributed by atoms with E-state index in [0.29, 0.717) is 52.9 Å². The number of likely N-dealkylation sites (tertiary alicyclic amines) is 1. The minimum Gasteiger partial charge on any atom is -0.493 e. The molecule has 48 heavy (non-hydrogen) atoms. The number of nitrogens with zero attached hydrogens (tertiary/aromatic N) is 1. The van der Waals surface area contributed by atoms with Gasteiger partial charge in [-0.15, -0.1) is 0 Å². The third-order valence-corrected chi connectivity index (χ3v) is 8.71. The second-order valence-electron chi connectivity index (χ2n) is 11.8. The molecule has 0 unspecified atom stereocenters. The molecule has 11 rings (SSSR count). The average Bonchev–Trinajstić information content (AvgIpc) is 3.55. The van der Waals surface area contributed by atoms with E-state index in [4.69, 9.17) is 23.7 Å². The third kappa shape index (κ3) is 7.09. The molecule has 1 atom stereocenters. The zero-order valence-electron chi connectivity index (χ0n) is 26.8. The predicted octanol–water partition coefficient (Wildman–Crippen LogP) is 2.95. The van der Waals surface area contributed by atoms with E-state index in [1.54, 1.807) is 59.5 Å². The summed E-state index contributed by atoms with van der Waals surface area (Å²) >= 11 is 0. The lowest BCUT2D eigenvalue weighted by Crippen LogP contribution is -2.59. The van der Waals surface area contributed by atoms with Crippen molar-refractivity contribution in [3.8, 4) is 34.5 Å². The molecular formula is C35H38N4O9. The van der Waals surface area contributed by atoms with Gasteiger partial charge in [-0.1, -0.05) is 6.07 Å². The molecule has 0 aromatic heterocycles. The van der Waals surface area contributed by atoms with Gasteiger partial charge in [0.2, 0.25) is 11.8 Å². The molecule has 8 aliphatic heterocycles. The molecule has 3 N–H and O–H groups in total. The van der Waals surface area contributed by atoms with Gasteiger partial charge in [0.25, 0.3) is 11.8 Å². The number of carbonyl (C=O) groups is 4. The summed E-state index contributed by atoms with van der Waals surface area (Å²) in [5.41, 5.74) is -0.106. The molecule has 1 spiro atoms. The van der Waals surface area contributed by atoms with E-state index in [2.05, 4.69) is 16.0 Å². The zero-order chi connectivity index (χ0) is 33.7. The average molecular weight is 659 g/mol. The molecule has 0 aliphatic carbocycles. The monoisotopic (exact) mass is 658 g/mol. The lowest BCUT2D eigenvalue weighted by atomic mass is 9.89. The molecule has 252 valence electrons. The summed E-state index contributed by atoms with van der Waals surface area (Å²) in [7, 11) is 3.01. The smallest absolute Gasteiger partial charge is 0.264 e. The van der Waals surface area contributed by atoms with Crippen LogP contribution in [0, 0.1) is 0 Å². The van der Waals surface area contributed by atoms with E-state index in [1.165, 1.54) is 14.2 Å². The molecule has 13 nitrogen and oxygen atoms in total. The van der Waals surface area contributed by atoms with Crippen LogP contribution in [-0.4, -0.2) is 80.6 Å². The quantitative estimate of drug-likeness (QED) is 0.386. The SMILES string of the molecule is COc1cc2ccc1Oc1ccc(cc1OC)C(=O)NCCOc1ccc(cc1)OC1(CCN(C(=O)[C@H]3CCC(=O)N3)CC1)C(=O)NC2.